The Morgan fingerprint density at radius 1 is 1.42 bits per heavy atom. The van der Waals surface area contributed by atoms with Crippen LogP contribution in [0.15, 0.2) is 18.2 Å². The minimum Gasteiger partial charge on any atom is -0.497 e. The molecule has 0 aliphatic heterocycles. The van der Waals surface area contributed by atoms with Crippen LogP contribution in [-0.2, 0) is 6.42 Å². The molecule has 3 heteroatoms. The van der Waals surface area contributed by atoms with E-state index in [0.29, 0.717) is 5.88 Å². The lowest BCUT2D eigenvalue weighted by atomic mass is 10.1. The summed E-state index contributed by atoms with van der Waals surface area (Å²) in [7, 11) is 5.11. The van der Waals surface area contributed by atoms with Gasteiger partial charge in [-0.2, -0.15) is 0 Å². The number of benzene rings is 1. The van der Waals surface area contributed by atoms with Gasteiger partial charge in [-0.15, -0.1) is 11.6 Å². The Kier molecular flexibility index (Phi) is 3.63. The van der Waals surface area contributed by atoms with Gasteiger partial charge in [0.05, 0.1) is 17.4 Å². The van der Waals surface area contributed by atoms with Crippen LogP contribution in [0.5, 0.6) is 5.75 Å². The Labute approximate surface area is 81.1 Å². The van der Waals surface area contributed by atoms with E-state index in [4.69, 9.17) is 16.3 Å². The molecule has 0 aliphatic rings. The smallest absolute Gasteiger partial charge is 0.118 e. The van der Waals surface area contributed by atoms with Gasteiger partial charge < -0.3 is 4.74 Å². The molecule has 0 saturated carbocycles. The molecule has 0 amide bonds. The summed E-state index contributed by atoms with van der Waals surface area (Å²) in [4.78, 5) is 0. The van der Waals surface area contributed by atoms with Crippen molar-refractivity contribution in [1.29, 1.82) is 0 Å². The molecule has 63 valence electrons. The Hall–Kier alpha value is -0.473. The molecule has 0 aliphatic carbocycles. The van der Waals surface area contributed by atoms with E-state index in [0.717, 1.165) is 17.4 Å². The molecule has 3 radical (unpaired) electrons. The Morgan fingerprint density at radius 3 is 2.75 bits per heavy atom. The van der Waals surface area contributed by atoms with Crippen LogP contribution >= 0.6 is 11.6 Å². The van der Waals surface area contributed by atoms with Crippen LogP contribution in [0.1, 0.15) is 5.56 Å². The SMILES string of the molecule is COc1cc([Si])cc(CCCl)c1. The molecule has 1 aromatic rings. The second-order valence-electron chi connectivity index (χ2n) is 2.51. The molecule has 1 aromatic carbocycles. The summed E-state index contributed by atoms with van der Waals surface area (Å²) in [6, 6.07) is 5.96. The van der Waals surface area contributed by atoms with Gasteiger partial charge in [0, 0.05) is 5.88 Å². The fourth-order valence-electron chi connectivity index (χ4n) is 1.03. The molecule has 0 atom stereocenters. The molecule has 0 saturated heterocycles. The third kappa shape index (κ3) is 2.54. The third-order valence-corrected chi connectivity index (χ3v) is 2.06. The van der Waals surface area contributed by atoms with E-state index >= 15 is 0 Å². The summed E-state index contributed by atoms with van der Waals surface area (Å²) in [5.74, 6) is 1.50. The van der Waals surface area contributed by atoms with Crippen LogP contribution < -0.4 is 9.92 Å². The van der Waals surface area contributed by atoms with Crippen molar-refractivity contribution in [2.75, 3.05) is 13.0 Å². The zero-order valence-corrected chi connectivity index (χ0v) is 8.69. The fraction of sp³-hybridized carbons (Fsp3) is 0.333. The van der Waals surface area contributed by atoms with Gasteiger partial charge in [-0.05, 0) is 24.1 Å². The number of hydrogen-bond acceptors (Lipinski definition) is 1. The minimum atomic E-state index is 0.638. The number of hydrogen-bond donors (Lipinski definition) is 0. The van der Waals surface area contributed by atoms with Gasteiger partial charge >= 0.3 is 0 Å². The first-order valence-corrected chi connectivity index (χ1v) is 4.75. The standard InChI is InChI=1S/C9H10ClOSi/c1-11-8-4-7(2-3-10)5-9(12)6-8/h4-6H,2-3H2,1H3. The maximum atomic E-state index is 5.63. The number of methoxy groups -OCH3 is 1. The van der Waals surface area contributed by atoms with Crippen molar-refractivity contribution in [3.8, 4) is 5.75 Å². The molecule has 12 heavy (non-hydrogen) atoms. The van der Waals surface area contributed by atoms with Crippen molar-refractivity contribution in [1.82, 2.24) is 0 Å². The van der Waals surface area contributed by atoms with Crippen LogP contribution in [0, 0.1) is 0 Å². The summed E-state index contributed by atoms with van der Waals surface area (Å²) >= 11 is 5.63. The quantitative estimate of drug-likeness (QED) is 0.524. The lowest BCUT2D eigenvalue weighted by molar-refractivity contribution is 0.414. The molecule has 0 heterocycles. The molecule has 0 N–H and O–H groups in total. The maximum Gasteiger partial charge on any atom is 0.118 e. The van der Waals surface area contributed by atoms with Gasteiger partial charge in [0.1, 0.15) is 5.75 Å². The molecular weight excluding hydrogens is 188 g/mol. The van der Waals surface area contributed by atoms with Gasteiger partial charge in [0.25, 0.3) is 0 Å². The fourth-order valence-corrected chi connectivity index (χ4v) is 1.58. The average molecular weight is 198 g/mol. The van der Waals surface area contributed by atoms with E-state index in [1.165, 1.54) is 5.56 Å². The number of halogens is 1. The first-order valence-electron chi connectivity index (χ1n) is 3.72. The normalized spacial score (nSPS) is 9.92. The van der Waals surface area contributed by atoms with Crippen molar-refractivity contribution in [2.24, 2.45) is 0 Å². The van der Waals surface area contributed by atoms with Crippen LogP contribution in [-0.4, -0.2) is 23.2 Å². The van der Waals surface area contributed by atoms with E-state index in [1.807, 2.05) is 18.2 Å². The first-order chi connectivity index (χ1) is 5.76. The van der Waals surface area contributed by atoms with Gasteiger partial charge in [-0.1, -0.05) is 11.3 Å². The Bertz CT molecular complexity index is 263. The summed E-state index contributed by atoms with van der Waals surface area (Å²) in [6.45, 7) is 0. The molecule has 1 nitrogen and oxygen atoms in total. The number of alkyl halides is 1. The third-order valence-electron chi connectivity index (χ3n) is 1.59. The first kappa shape index (κ1) is 9.61. The number of rotatable bonds is 3. The second kappa shape index (κ2) is 4.53. The van der Waals surface area contributed by atoms with Crippen LogP contribution in [0.4, 0.5) is 0 Å². The van der Waals surface area contributed by atoms with E-state index in [1.54, 1.807) is 7.11 Å². The predicted molar refractivity (Wildman–Crippen MR) is 52.8 cm³/mol. The van der Waals surface area contributed by atoms with E-state index in [9.17, 15) is 0 Å². The largest absolute Gasteiger partial charge is 0.497 e. The van der Waals surface area contributed by atoms with Crippen molar-refractivity contribution in [3.05, 3.63) is 23.8 Å². The van der Waals surface area contributed by atoms with Gasteiger partial charge in [-0.3, -0.25) is 0 Å². The Balaban J connectivity index is 2.90. The highest BCUT2D eigenvalue weighted by atomic mass is 35.5. The molecule has 0 spiro atoms. The summed E-state index contributed by atoms with van der Waals surface area (Å²) in [5.41, 5.74) is 1.19. The molecular formula is C9H10ClOSi. The van der Waals surface area contributed by atoms with Gasteiger partial charge in [0.2, 0.25) is 0 Å². The van der Waals surface area contributed by atoms with Crippen molar-refractivity contribution >= 4 is 27.0 Å². The Morgan fingerprint density at radius 2 is 2.17 bits per heavy atom. The molecule has 0 unspecified atom stereocenters. The lowest BCUT2D eigenvalue weighted by Gasteiger charge is -2.04. The topological polar surface area (TPSA) is 9.23 Å². The van der Waals surface area contributed by atoms with E-state index in [2.05, 4.69) is 10.2 Å². The zero-order valence-electron chi connectivity index (χ0n) is 6.93. The molecule has 0 fully saturated rings. The molecule has 1 rings (SSSR count). The maximum absolute atomic E-state index is 5.63. The van der Waals surface area contributed by atoms with Crippen LogP contribution in [0.2, 0.25) is 0 Å². The average Bonchev–Trinajstić information content (AvgIpc) is 2.04. The number of ether oxygens (including phenoxy) is 1. The number of aryl methyl sites for hydroxylation is 1. The van der Waals surface area contributed by atoms with Crippen molar-refractivity contribution in [2.45, 2.75) is 6.42 Å². The minimum absolute atomic E-state index is 0.638. The van der Waals surface area contributed by atoms with Gasteiger partial charge in [0.15, 0.2) is 0 Å². The molecule has 0 aromatic heterocycles. The highest BCUT2D eigenvalue weighted by molar-refractivity contribution is 6.32. The summed E-state index contributed by atoms with van der Waals surface area (Å²) in [6.07, 6.45) is 0.871. The monoisotopic (exact) mass is 197 g/mol. The van der Waals surface area contributed by atoms with Crippen LogP contribution in [0.25, 0.3) is 0 Å². The predicted octanol–water partition coefficient (Wildman–Crippen LogP) is 1.27. The lowest BCUT2D eigenvalue weighted by Crippen LogP contribution is -2.04. The van der Waals surface area contributed by atoms with Crippen molar-refractivity contribution in [3.63, 3.8) is 0 Å². The van der Waals surface area contributed by atoms with E-state index < -0.39 is 0 Å². The van der Waals surface area contributed by atoms with E-state index in [-0.39, 0.29) is 0 Å². The van der Waals surface area contributed by atoms with Crippen LogP contribution in [0.3, 0.4) is 0 Å². The molecule has 0 bridgehead atoms. The highest BCUT2D eigenvalue weighted by Crippen LogP contribution is 2.11. The van der Waals surface area contributed by atoms with Crippen molar-refractivity contribution < 1.29 is 4.74 Å². The van der Waals surface area contributed by atoms with Gasteiger partial charge in [-0.25, -0.2) is 0 Å². The summed E-state index contributed by atoms with van der Waals surface area (Å²) in [5, 5.41) is 1.02. The highest BCUT2D eigenvalue weighted by Gasteiger charge is 1.97. The second-order valence-corrected chi connectivity index (χ2v) is 3.46. The summed E-state index contributed by atoms with van der Waals surface area (Å²) < 4.78 is 5.11. The zero-order chi connectivity index (χ0) is 8.97.